The highest BCUT2D eigenvalue weighted by atomic mass is 16.5. The van der Waals surface area contributed by atoms with Crippen LogP contribution in [0.25, 0.3) is 11.0 Å². The van der Waals surface area contributed by atoms with Gasteiger partial charge in [-0.2, -0.15) is 5.10 Å². The lowest BCUT2D eigenvalue weighted by molar-refractivity contribution is -0.137. The molecule has 0 radical (unpaired) electrons. The molecule has 47 heavy (non-hydrogen) atoms. The molecule has 1 saturated heterocycles. The number of benzene rings is 1. The minimum Gasteiger partial charge on any atom is -0.490 e. The number of rotatable bonds is 9. The number of aryl methyl sites for hydroxylation is 1. The van der Waals surface area contributed by atoms with Crippen molar-refractivity contribution in [1.29, 1.82) is 0 Å². The number of aromatic nitrogens is 5. The average Bonchev–Trinajstić information content (AvgIpc) is 3.52. The van der Waals surface area contributed by atoms with Crippen LogP contribution in [0.3, 0.4) is 0 Å². The van der Waals surface area contributed by atoms with Gasteiger partial charge in [-0.15, -0.1) is 0 Å². The highest BCUT2D eigenvalue weighted by Gasteiger charge is 2.43. The van der Waals surface area contributed by atoms with Gasteiger partial charge in [-0.25, -0.2) is 14.6 Å². The van der Waals surface area contributed by atoms with Gasteiger partial charge in [-0.05, 0) is 87.8 Å². The van der Waals surface area contributed by atoms with E-state index in [2.05, 4.69) is 49.2 Å². The molecule has 0 atom stereocenters. The first-order valence-electron chi connectivity index (χ1n) is 17.3. The monoisotopic (exact) mass is 638 g/mol. The summed E-state index contributed by atoms with van der Waals surface area (Å²) in [4.78, 5) is 32.1. The molecule has 7 rings (SSSR count). The normalized spacial score (nSPS) is 21.2. The van der Waals surface area contributed by atoms with Crippen LogP contribution >= 0.6 is 0 Å². The summed E-state index contributed by atoms with van der Waals surface area (Å²) in [6.07, 6.45) is 8.99. The lowest BCUT2D eigenvalue weighted by Crippen LogP contribution is -2.53. The molecule has 1 saturated carbocycles. The molecule has 1 spiro atoms. The Morgan fingerprint density at radius 1 is 0.979 bits per heavy atom. The zero-order valence-corrected chi connectivity index (χ0v) is 27.9. The first-order valence-corrected chi connectivity index (χ1v) is 17.3. The number of anilines is 1. The maximum absolute atomic E-state index is 13.8. The van der Waals surface area contributed by atoms with Crippen molar-refractivity contribution in [2.24, 2.45) is 5.92 Å². The zero-order valence-electron chi connectivity index (χ0n) is 27.9. The maximum Gasteiger partial charge on any atom is 0.225 e. The van der Waals surface area contributed by atoms with E-state index in [4.69, 9.17) is 14.5 Å². The molecule has 0 unspecified atom stereocenters. The van der Waals surface area contributed by atoms with Crippen LogP contribution in [0.5, 0.6) is 11.5 Å². The van der Waals surface area contributed by atoms with Crippen LogP contribution in [-0.2, 0) is 29.7 Å². The van der Waals surface area contributed by atoms with Crippen molar-refractivity contribution in [2.45, 2.75) is 71.4 Å². The largest absolute Gasteiger partial charge is 0.490 e. The number of nitrogens with zero attached hydrogens (tertiary/aromatic N) is 7. The third-order valence-electron chi connectivity index (χ3n) is 10.2. The van der Waals surface area contributed by atoms with Gasteiger partial charge in [-0.3, -0.25) is 9.78 Å². The Balaban J connectivity index is 0.990. The second-order valence-corrected chi connectivity index (χ2v) is 12.9. The number of pyridine rings is 1. The van der Waals surface area contributed by atoms with E-state index >= 15 is 0 Å². The Labute approximate surface area is 276 Å². The number of amides is 1. The summed E-state index contributed by atoms with van der Waals surface area (Å²) in [5, 5.41) is 9.43. The molecule has 4 aromatic rings. The molecule has 248 valence electrons. The van der Waals surface area contributed by atoms with E-state index in [9.17, 15) is 4.79 Å². The minimum absolute atomic E-state index is 0.0530. The predicted octanol–water partition coefficient (Wildman–Crippen LogP) is 4.51. The molecule has 2 aliphatic heterocycles. The number of carbonyl (C=O) groups excluding carboxylic acids is 1. The first kappa shape index (κ1) is 31.4. The van der Waals surface area contributed by atoms with Crippen molar-refractivity contribution in [3.63, 3.8) is 0 Å². The molecule has 5 heterocycles. The van der Waals surface area contributed by atoms with Gasteiger partial charge >= 0.3 is 0 Å². The number of hydrogen-bond donors (Lipinski definition) is 1. The lowest BCUT2D eigenvalue weighted by Gasteiger charge is -2.46. The average molecular weight is 639 g/mol. The van der Waals surface area contributed by atoms with Gasteiger partial charge in [0.25, 0.3) is 0 Å². The van der Waals surface area contributed by atoms with Gasteiger partial charge in [0.2, 0.25) is 5.91 Å². The Kier molecular flexibility index (Phi) is 8.98. The van der Waals surface area contributed by atoms with Gasteiger partial charge in [-0.1, -0.05) is 13.0 Å². The third kappa shape index (κ3) is 6.13. The summed E-state index contributed by atoms with van der Waals surface area (Å²) in [6.45, 7) is 11.7. The molecular weight excluding hydrogens is 592 g/mol. The van der Waals surface area contributed by atoms with E-state index in [1.165, 1.54) is 11.1 Å². The molecule has 1 aliphatic carbocycles. The second-order valence-electron chi connectivity index (χ2n) is 12.9. The van der Waals surface area contributed by atoms with Crippen LogP contribution in [0.1, 0.15) is 69.0 Å². The smallest absolute Gasteiger partial charge is 0.225 e. The zero-order chi connectivity index (χ0) is 32.4. The summed E-state index contributed by atoms with van der Waals surface area (Å²) in [5.41, 5.74) is 5.37. The van der Waals surface area contributed by atoms with Crippen molar-refractivity contribution in [2.75, 3.05) is 50.8 Å². The Bertz CT molecular complexity index is 1720. The summed E-state index contributed by atoms with van der Waals surface area (Å²) in [7, 11) is 0. The van der Waals surface area contributed by atoms with Crippen molar-refractivity contribution < 1.29 is 14.3 Å². The minimum atomic E-state index is -0.114. The van der Waals surface area contributed by atoms with Crippen molar-refractivity contribution in [3.8, 4) is 11.5 Å². The van der Waals surface area contributed by atoms with Crippen LogP contribution in [0.15, 0.2) is 42.9 Å². The highest BCUT2D eigenvalue weighted by Crippen LogP contribution is 2.46. The van der Waals surface area contributed by atoms with E-state index in [1.54, 1.807) is 6.33 Å². The Hall–Kier alpha value is -4.25. The molecule has 1 amide bonds. The number of carbonyl (C=O) groups is 1. The molecule has 11 nitrogen and oxygen atoms in total. The van der Waals surface area contributed by atoms with Crippen LogP contribution in [0.4, 0.5) is 5.82 Å². The molecule has 11 heteroatoms. The second kappa shape index (κ2) is 13.5. The van der Waals surface area contributed by atoms with Gasteiger partial charge in [0, 0.05) is 49.9 Å². The molecule has 0 bridgehead atoms. The quantitative estimate of drug-likeness (QED) is 0.283. The Morgan fingerprint density at radius 3 is 2.47 bits per heavy atom. The lowest BCUT2D eigenvalue weighted by atomic mass is 9.69. The number of ether oxygens (including phenoxy) is 2. The van der Waals surface area contributed by atoms with Gasteiger partial charge < -0.3 is 24.6 Å². The van der Waals surface area contributed by atoms with Crippen molar-refractivity contribution >= 4 is 22.8 Å². The van der Waals surface area contributed by atoms with Crippen molar-refractivity contribution in [1.82, 2.24) is 34.9 Å². The van der Waals surface area contributed by atoms with E-state index in [-0.39, 0.29) is 11.5 Å². The van der Waals surface area contributed by atoms with E-state index in [1.807, 2.05) is 42.9 Å². The van der Waals surface area contributed by atoms with Crippen molar-refractivity contribution in [3.05, 3.63) is 65.4 Å². The summed E-state index contributed by atoms with van der Waals surface area (Å²) in [5.74, 6) is 2.88. The molecular formula is C36H46N8O3. The molecule has 3 aromatic heterocycles. The Morgan fingerprint density at radius 2 is 1.72 bits per heavy atom. The van der Waals surface area contributed by atoms with E-state index in [0.29, 0.717) is 38.8 Å². The number of hydrogen-bond acceptors (Lipinski definition) is 9. The summed E-state index contributed by atoms with van der Waals surface area (Å²) >= 11 is 0. The van der Waals surface area contributed by atoms with E-state index in [0.717, 1.165) is 97.9 Å². The predicted molar refractivity (Wildman–Crippen MR) is 181 cm³/mol. The van der Waals surface area contributed by atoms with Crippen LogP contribution in [0, 0.1) is 5.92 Å². The van der Waals surface area contributed by atoms with Gasteiger partial charge in [0.1, 0.15) is 12.1 Å². The van der Waals surface area contributed by atoms with Gasteiger partial charge in [0.15, 0.2) is 17.1 Å². The number of nitrogens with one attached hydrogen (secondary N) is 1. The first-order chi connectivity index (χ1) is 23.0. The van der Waals surface area contributed by atoms with Gasteiger partial charge in [0.05, 0.1) is 37.0 Å². The SMILES string of the molecule is CCOc1cc2c(cc1OCC)C1(CCC(C(=O)N3CCN(c4ncnc5c4cnn5Cc4cccc(CC)n4)CC3)CC1)NCC2. The molecule has 3 aliphatic rings. The maximum atomic E-state index is 13.8. The molecule has 2 fully saturated rings. The fraction of sp³-hybridized carbons (Fsp3) is 0.528. The van der Waals surface area contributed by atoms with Crippen LogP contribution in [0.2, 0.25) is 0 Å². The summed E-state index contributed by atoms with van der Waals surface area (Å²) in [6, 6.07) is 10.5. The highest BCUT2D eigenvalue weighted by molar-refractivity contribution is 5.87. The summed E-state index contributed by atoms with van der Waals surface area (Å²) < 4.78 is 13.8. The van der Waals surface area contributed by atoms with Crippen LogP contribution in [-0.4, -0.2) is 81.5 Å². The fourth-order valence-electron chi connectivity index (χ4n) is 7.74. The third-order valence-corrected chi connectivity index (χ3v) is 10.2. The molecule has 1 N–H and O–H groups in total. The molecule has 1 aromatic carbocycles. The van der Waals surface area contributed by atoms with Crippen LogP contribution < -0.4 is 19.7 Å². The number of fused-ring (bicyclic) bond motifs is 3. The topological polar surface area (TPSA) is 111 Å². The fourth-order valence-corrected chi connectivity index (χ4v) is 7.74. The standard InChI is InChI=1S/C36H46N8O3/c1-4-27-8-7-9-28(41-27)23-44-34-29(22-40-44)33(37-24-38-34)42-16-18-43(19-17-42)35(45)25-10-13-36(14-11-25)30-21-32(47-6-3)31(46-5-2)20-26(30)12-15-39-36/h7-9,20-22,24-25,39H,4-6,10-19,23H2,1-3H3. The number of piperazine rings is 1. The van der Waals surface area contributed by atoms with E-state index < -0.39 is 0 Å².